The second-order valence-corrected chi connectivity index (χ2v) is 5.72. The molecule has 0 atom stereocenters. The number of ketones is 1. The molecule has 2 aromatic carbocycles. The van der Waals surface area contributed by atoms with Crippen molar-refractivity contribution in [2.24, 2.45) is 0 Å². The van der Waals surface area contributed by atoms with Gasteiger partial charge in [0.05, 0.1) is 5.02 Å². The number of halogens is 2. The Kier molecular flexibility index (Phi) is 3.64. The van der Waals surface area contributed by atoms with Crippen LogP contribution in [0.15, 0.2) is 57.4 Å². The molecule has 4 heteroatoms. The third-order valence-electron chi connectivity index (χ3n) is 3.08. The van der Waals surface area contributed by atoms with Crippen LogP contribution in [0.4, 0.5) is 0 Å². The summed E-state index contributed by atoms with van der Waals surface area (Å²) in [4.78, 5) is 12.3. The molecule has 20 heavy (non-hydrogen) atoms. The van der Waals surface area contributed by atoms with Gasteiger partial charge in [0.2, 0.25) is 5.78 Å². The molecule has 0 radical (unpaired) electrons. The summed E-state index contributed by atoms with van der Waals surface area (Å²) in [6.45, 7) is 0. The molecule has 1 aromatic heterocycles. The van der Waals surface area contributed by atoms with E-state index in [9.17, 15) is 4.79 Å². The normalized spacial score (nSPS) is 10.9. The van der Waals surface area contributed by atoms with Crippen molar-refractivity contribution in [1.29, 1.82) is 0 Å². The summed E-state index contributed by atoms with van der Waals surface area (Å²) in [7, 11) is 0. The lowest BCUT2D eigenvalue weighted by molar-refractivity contribution is 0.0968. The summed E-state index contributed by atoms with van der Waals surface area (Å²) < 4.78 is 6.49. The van der Waals surface area contributed by atoms with Gasteiger partial charge in [0, 0.05) is 16.3 Å². The molecule has 1 heterocycles. The monoisotopic (exact) mass is 348 g/mol. The Hall–Kier alpha value is -1.58. The maximum Gasteiger partial charge on any atom is 0.202 e. The molecule has 0 bridgehead atoms. The van der Waals surface area contributed by atoms with Crippen LogP contribution in [0.2, 0.25) is 5.02 Å². The van der Waals surface area contributed by atoms with E-state index in [0.29, 0.717) is 22.8 Å². The van der Waals surface area contributed by atoms with E-state index >= 15 is 0 Å². The lowest BCUT2D eigenvalue weighted by atomic mass is 10.1. The minimum atomic E-state index is -0.0656. The Balaban J connectivity index is 1.93. The average molecular weight is 350 g/mol. The van der Waals surface area contributed by atoms with Crippen LogP contribution in [0.25, 0.3) is 11.0 Å². The first kappa shape index (κ1) is 13.4. The van der Waals surface area contributed by atoms with Crippen molar-refractivity contribution in [2.45, 2.75) is 6.42 Å². The van der Waals surface area contributed by atoms with E-state index in [-0.39, 0.29) is 5.78 Å². The van der Waals surface area contributed by atoms with Gasteiger partial charge in [-0.15, -0.1) is 0 Å². The van der Waals surface area contributed by atoms with Crippen LogP contribution in [0.1, 0.15) is 16.1 Å². The van der Waals surface area contributed by atoms with Crippen LogP contribution >= 0.6 is 27.5 Å². The molecular weight excluding hydrogens is 340 g/mol. The van der Waals surface area contributed by atoms with Crippen molar-refractivity contribution in [3.05, 3.63) is 69.3 Å². The minimum absolute atomic E-state index is 0.0656. The van der Waals surface area contributed by atoms with Crippen LogP contribution in [0, 0.1) is 0 Å². The van der Waals surface area contributed by atoms with E-state index in [1.54, 1.807) is 12.1 Å². The third-order valence-corrected chi connectivity index (χ3v) is 4.15. The molecule has 3 rings (SSSR count). The molecule has 0 aliphatic rings. The van der Waals surface area contributed by atoms with Gasteiger partial charge < -0.3 is 4.42 Å². The summed E-state index contributed by atoms with van der Waals surface area (Å²) >= 11 is 9.49. The highest BCUT2D eigenvalue weighted by atomic mass is 79.9. The number of carbonyl (C=O) groups excluding carboxylic acids is 1. The Morgan fingerprint density at radius 1 is 1.15 bits per heavy atom. The van der Waals surface area contributed by atoms with Crippen LogP contribution in [0.3, 0.4) is 0 Å². The molecule has 0 amide bonds. The fraction of sp³-hybridized carbons (Fsp3) is 0.0625. The smallest absolute Gasteiger partial charge is 0.202 e. The van der Waals surface area contributed by atoms with Crippen molar-refractivity contribution in [3.8, 4) is 0 Å². The van der Waals surface area contributed by atoms with Crippen LogP contribution in [-0.2, 0) is 6.42 Å². The number of furan rings is 1. The molecule has 0 N–H and O–H groups in total. The fourth-order valence-corrected chi connectivity index (χ4v) is 2.71. The number of Topliss-reactive ketones (excluding diaryl/α,β-unsaturated/α-hetero) is 1. The first-order valence-corrected chi connectivity index (χ1v) is 7.27. The van der Waals surface area contributed by atoms with E-state index in [4.69, 9.17) is 16.0 Å². The number of hydrogen-bond donors (Lipinski definition) is 0. The quantitative estimate of drug-likeness (QED) is 0.603. The fourth-order valence-electron chi connectivity index (χ4n) is 2.07. The van der Waals surface area contributed by atoms with Crippen molar-refractivity contribution in [1.82, 2.24) is 0 Å². The highest BCUT2D eigenvalue weighted by Gasteiger charge is 2.15. The second kappa shape index (κ2) is 5.43. The van der Waals surface area contributed by atoms with Crippen LogP contribution in [0.5, 0.6) is 0 Å². The maximum atomic E-state index is 12.3. The van der Waals surface area contributed by atoms with Gasteiger partial charge in [-0.2, -0.15) is 0 Å². The van der Waals surface area contributed by atoms with E-state index in [1.807, 2.05) is 36.4 Å². The van der Waals surface area contributed by atoms with Gasteiger partial charge in [-0.25, -0.2) is 0 Å². The van der Waals surface area contributed by atoms with E-state index in [2.05, 4.69) is 15.9 Å². The number of carbonyl (C=O) groups is 1. The molecule has 0 aliphatic carbocycles. The van der Waals surface area contributed by atoms with Gasteiger partial charge in [0.1, 0.15) is 0 Å². The lowest BCUT2D eigenvalue weighted by Gasteiger charge is -2.01. The average Bonchev–Trinajstić information content (AvgIpc) is 2.87. The maximum absolute atomic E-state index is 12.3. The predicted molar refractivity (Wildman–Crippen MR) is 83.4 cm³/mol. The zero-order chi connectivity index (χ0) is 14.1. The summed E-state index contributed by atoms with van der Waals surface area (Å²) in [5, 5.41) is 1.36. The summed E-state index contributed by atoms with van der Waals surface area (Å²) in [6, 6.07) is 14.8. The Labute approximate surface area is 129 Å². The van der Waals surface area contributed by atoms with E-state index < -0.39 is 0 Å². The van der Waals surface area contributed by atoms with Crippen molar-refractivity contribution >= 4 is 44.3 Å². The van der Waals surface area contributed by atoms with Gasteiger partial charge in [-0.05, 0) is 23.8 Å². The van der Waals surface area contributed by atoms with Crippen LogP contribution < -0.4 is 0 Å². The molecule has 0 fully saturated rings. The molecule has 0 unspecified atom stereocenters. The van der Waals surface area contributed by atoms with Gasteiger partial charge in [0.25, 0.3) is 0 Å². The number of para-hydroxylation sites is 1. The molecule has 0 saturated carbocycles. The Morgan fingerprint density at radius 3 is 2.70 bits per heavy atom. The second-order valence-electron chi connectivity index (χ2n) is 4.46. The number of benzene rings is 2. The Bertz CT molecular complexity index is 792. The van der Waals surface area contributed by atoms with Crippen molar-refractivity contribution in [2.75, 3.05) is 0 Å². The molecule has 2 nitrogen and oxygen atoms in total. The van der Waals surface area contributed by atoms with Gasteiger partial charge in [0.15, 0.2) is 11.3 Å². The summed E-state index contributed by atoms with van der Waals surface area (Å²) in [5.41, 5.74) is 1.49. The zero-order valence-corrected chi connectivity index (χ0v) is 12.7. The van der Waals surface area contributed by atoms with Crippen molar-refractivity contribution < 1.29 is 9.21 Å². The highest BCUT2D eigenvalue weighted by molar-refractivity contribution is 9.10. The molecule has 100 valence electrons. The molecule has 0 saturated heterocycles. The molecule has 0 spiro atoms. The topological polar surface area (TPSA) is 30.2 Å². The van der Waals surface area contributed by atoms with Gasteiger partial charge in [-0.1, -0.05) is 57.9 Å². The van der Waals surface area contributed by atoms with Crippen molar-refractivity contribution in [3.63, 3.8) is 0 Å². The summed E-state index contributed by atoms with van der Waals surface area (Å²) in [5.74, 6) is 0.271. The Morgan fingerprint density at radius 2 is 1.95 bits per heavy atom. The molecule has 3 aromatic rings. The predicted octanol–water partition coefficient (Wildman–Crippen LogP) is 5.27. The standard InChI is InChI=1S/C16H10BrClO2/c17-12-6-2-1-4-10(12)8-14(19)15-9-11-5-3-7-13(18)16(11)20-15/h1-7,9H,8H2. The van der Waals surface area contributed by atoms with Gasteiger partial charge in [-0.3, -0.25) is 4.79 Å². The van der Waals surface area contributed by atoms with Crippen LogP contribution in [-0.4, -0.2) is 5.78 Å². The van der Waals surface area contributed by atoms with Gasteiger partial charge >= 0.3 is 0 Å². The zero-order valence-electron chi connectivity index (χ0n) is 10.4. The van der Waals surface area contributed by atoms with E-state index in [0.717, 1.165) is 15.4 Å². The third kappa shape index (κ3) is 2.51. The summed E-state index contributed by atoms with van der Waals surface area (Å²) in [6.07, 6.45) is 0.291. The number of fused-ring (bicyclic) bond motifs is 1. The number of hydrogen-bond acceptors (Lipinski definition) is 2. The first-order chi connectivity index (χ1) is 9.65. The molecular formula is C16H10BrClO2. The SMILES string of the molecule is O=C(Cc1ccccc1Br)c1cc2cccc(Cl)c2o1. The lowest BCUT2D eigenvalue weighted by Crippen LogP contribution is -2.02. The number of rotatable bonds is 3. The largest absolute Gasteiger partial charge is 0.451 e. The highest BCUT2D eigenvalue weighted by Crippen LogP contribution is 2.27. The first-order valence-electron chi connectivity index (χ1n) is 6.10. The van der Waals surface area contributed by atoms with E-state index in [1.165, 1.54) is 0 Å². The molecule has 0 aliphatic heterocycles. The minimum Gasteiger partial charge on any atom is -0.451 e.